The molecule has 0 amide bonds. The molecule has 1 heterocycles. The smallest absolute Gasteiger partial charge is 0.258 e. The van der Waals surface area contributed by atoms with E-state index in [2.05, 4.69) is 9.97 Å². The molecule has 0 N–H and O–H groups in total. The maximum atomic E-state index is 12.3. The first-order valence-corrected chi connectivity index (χ1v) is 7.02. The summed E-state index contributed by atoms with van der Waals surface area (Å²) < 4.78 is 24.6. The van der Waals surface area contributed by atoms with Crippen LogP contribution in [0.2, 0.25) is 0 Å². The molecule has 1 aromatic heterocycles. The van der Waals surface area contributed by atoms with Gasteiger partial charge in [-0.25, -0.2) is 8.42 Å². The lowest BCUT2D eigenvalue weighted by Gasteiger charge is -2.10. The number of sulfone groups is 1. The molecule has 0 bridgehead atoms. The Bertz CT molecular complexity index is 756. The van der Waals surface area contributed by atoms with Gasteiger partial charge in [0, 0.05) is 18.5 Å². The van der Waals surface area contributed by atoms with Gasteiger partial charge >= 0.3 is 0 Å². The highest BCUT2D eigenvalue weighted by atomic mass is 32.2. The van der Waals surface area contributed by atoms with E-state index < -0.39 is 25.7 Å². The Morgan fingerprint density at radius 1 is 1.21 bits per heavy atom. The van der Waals surface area contributed by atoms with E-state index in [1.54, 1.807) is 0 Å². The maximum Gasteiger partial charge on any atom is 0.290 e. The van der Waals surface area contributed by atoms with E-state index >= 15 is 0 Å². The molecular weight excluding hydrogens is 270 g/mol. The van der Waals surface area contributed by atoms with E-state index in [-0.39, 0.29) is 10.4 Å². The summed E-state index contributed by atoms with van der Waals surface area (Å²) in [7, 11) is -3.82. The molecule has 7 nitrogen and oxygen atoms in total. The highest BCUT2D eigenvalue weighted by molar-refractivity contribution is 7.92. The van der Waals surface area contributed by atoms with Crippen LogP contribution in [0, 0.1) is 10.1 Å². The first-order chi connectivity index (χ1) is 8.85. The summed E-state index contributed by atoms with van der Waals surface area (Å²) in [6.45, 7) is 2.93. The van der Waals surface area contributed by atoms with Crippen molar-refractivity contribution in [1.29, 1.82) is 0 Å². The molecule has 19 heavy (non-hydrogen) atoms. The van der Waals surface area contributed by atoms with Crippen molar-refractivity contribution < 1.29 is 13.3 Å². The summed E-state index contributed by atoms with van der Waals surface area (Å²) in [5.74, 6) is 0. The summed E-state index contributed by atoms with van der Waals surface area (Å²) in [5.41, 5.74) is -0.126. The van der Waals surface area contributed by atoms with Crippen LogP contribution in [0.15, 0.2) is 29.4 Å². The largest absolute Gasteiger partial charge is 0.290 e. The molecule has 0 saturated carbocycles. The Morgan fingerprint density at radius 2 is 1.84 bits per heavy atom. The van der Waals surface area contributed by atoms with Crippen LogP contribution in [-0.4, -0.2) is 28.6 Å². The predicted octanol–water partition coefficient (Wildman–Crippen LogP) is 1.72. The number of nitro benzene ring substituents is 1. The lowest BCUT2D eigenvalue weighted by molar-refractivity contribution is -0.387. The third kappa shape index (κ3) is 2.14. The number of nitro groups is 1. The van der Waals surface area contributed by atoms with Crippen molar-refractivity contribution in [3.63, 3.8) is 0 Å². The quantitative estimate of drug-likeness (QED) is 0.626. The van der Waals surface area contributed by atoms with Crippen LogP contribution in [-0.2, 0) is 9.84 Å². The summed E-state index contributed by atoms with van der Waals surface area (Å²) >= 11 is 0. The summed E-state index contributed by atoms with van der Waals surface area (Å²) in [4.78, 5) is 17.8. The number of hydrogen-bond acceptors (Lipinski definition) is 6. The van der Waals surface area contributed by atoms with E-state index in [0.717, 1.165) is 6.07 Å². The molecule has 1 aromatic carbocycles. The van der Waals surface area contributed by atoms with Gasteiger partial charge in [0.05, 0.1) is 15.7 Å². The fourth-order valence-electron chi connectivity index (χ4n) is 1.66. The molecular formula is C11H11N3O4S. The summed E-state index contributed by atoms with van der Waals surface area (Å²) in [6.07, 6.45) is 2.71. The van der Waals surface area contributed by atoms with Crippen LogP contribution in [0.25, 0.3) is 11.0 Å². The molecule has 0 aliphatic carbocycles. The molecule has 0 unspecified atom stereocenters. The monoisotopic (exact) mass is 281 g/mol. The Kier molecular flexibility index (Phi) is 3.19. The minimum atomic E-state index is -3.82. The molecule has 0 radical (unpaired) electrons. The van der Waals surface area contributed by atoms with Crippen molar-refractivity contribution in [1.82, 2.24) is 9.97 Å². The highest BCUT2D eigenvalue weighted by Gasteiger charge is 2.32. The minimum Gasteiger partial charge on any atom is -0.258 e. The SMILES string of the molecule is CC(C)S(=O)(=O)c1c([N+](=O)[O-])ccc2nccnc12. The molecule has 8 heteroatoms. The molecule has 2 aromatic rings. The molecule has 0 spiro atoms. The van der Waals surface area contributed by atoms with Crippen LogP contribution in [0.5, 0.6) is 0 Å². The van der Waals surface area contributed by atoms with Gasteiger partial charge in [-0.3, -0.25) is 20.1 Å². The molecule has 2 rings (SSSR count). The van der Waals surface area contributed by atoms with Crippen molar-refractivity contribution in [3.05, 3.63) is 34.6 Å². The average Bonchev–Trinajstić information content (AvgIpc) is 2.36. The molecule has 0 saturated heterocycles. The average molecular weight is 281 g/mol. The van der Waals surface area contributed by atoms with Crippen LogP contribution < -0.4 is 0 Å². The lowest BCUT2D eigenvalue weighted by Crippen LogP contribution is -2.16. The van der Waals surface area contributed by atoms with Gasteiger partial charge < -0.3 is 0 Å². The van der Waals surface area contributed by atoms with Gasteiger partial charge in [-0.05, 0) is 19.9 Å². The van der Waals surface area contributed by atoms with Gasteiger partial charge in [-0.2, -0.15) is 0 Å². The van der Waals surface area contributed by atoms with Gasteiger partial charge in [0.1, 0.15) is 5.52 Å². The molecule has 0 aliphatic rings. The van der Waals surface area contributed by atoms with Crippen molar-refractivity contribution in [3.8, 4) is 0 Å². The second-order valence-corrected chi connectivity index (χ2v) is 6.63. The zero-order valence-corrected chi connectivity index (χ0v) is 11.1. The first-order valence-electron chi connectivity index (χ1n) is 5.47. The molecule has 0 atom stereocenters. The van der Waals surface area contributed by atoms with Crippen LogP contribution >= 0.6 is 0 Å². The second-order valence-electron chi connectivity index (χ2n) is 4.19. The minimum absolute atomic E-state index is 0.0328. The van der Waals surface area contributed by atoms with E-state index in [1.165, 1.54) is 32.3 Å². The van der Waals surface area contributed by atoms with Gasteiger partial charge in [-0.15, -0.1) is 0 Å². The normalized spacial score (nSPS) is 11.9. The number of aromatic nitrogens is 2. The van der Waals surface area contributed by atoms with Gasteiger partial charge in [-0.1, -0.05) is 0 Å². The number of nitrogens with zero attached hydrogens (tertiary/aromatic N) is 3. The number of benzene rings is 1. The van der Waals surface area contributed by atoms with E-state index in [0.29, 0.717) is 5.52 Å². The fourth-order valence-corrected chi connectivity index (χ4v) is 2.99. The van der Waals surface area contributed by atoms with Gasteiger partial charge in [0.2, 0.25) is 0 Å². The second kappa shape index (κ2) is 4.54. The van der Waals surface area contributed by atoms with E-state index in [1.807, 2.05) is 0 Å². The Labute approximate surface area is 109 Å². The predicted molar refractivity (Wildman–Crippen MR) is 68.5 cm³/mol. The third-order valence-electron chi connectivity index (χ3n) is 2.68. The summed E-state index contributed by atoms with van der Waals surface area (Å²) in [5, 5.41) is 10.2. The first kappa shape index (κ1) is 13.3. The molecule has 0 fully saturated rings. The van der Waals surface area contributed by atoms with Crippen molar-refractivity contribution in [2.75, 3.05) is 0 Å². The van der Waals surface area contributed by atoms with Crippen LogP contribution in [0.4, 0.5) is 5.69 Å². The third-order valence-corrected chi connectivity index (χ3v) is 4.89. The van der Waals surface area contributed by atoms with Crippen LogP contribution in [0.3, 0.4) is 0 Å². The summed E-state index contributed by atoms with van der Waals surface area (Å²) in [6, 6.07) is 2.53. The Morgan fingerprint density at radius 3 is 2.42 bits per heavy atom. The van der Waals surface area contributed by atoms with Gasteiger partial charge in [0.25, 0.3) is 5.69 Å². The number of fused-ring (bicyclic) bond motifs is 1. The number of hydrogen-bond donors (Lipinski definition) is 0. The molecule has 100 valence electrons. The maximum absolute atomic E-state index is 12.3. The zero-order valence-electron chi connectivity index (χ0n) is 10.3. The van der Waals surface area contributed by atoms with Crippen molar-refractivity contribution in [2.24, 2.45) is 0 Å². The highest BCUT2D eigenvalue weighted by Crippen LogP contribution is 2.32. The molecule has 0 aliphatic heterocycles. The van der Waals surface area contributed by atoms with Gasteiger partial charge in [0.15, 0.2) is 14.7 Å². The fraction of sp³-hybridized carbons (Fsp3) is 0.273. The topological polar surface area (TPSA) is 103 Å². The van der Waals surface area contributed by atoms with Crippen molar-refractivity contribution in [2.45, 2.75) is 24.0 Å². The lowest BCUT2D eigenvalue weighted by atomic mass is 10.2. The van der Waals surface area contributed by atoms with Crippen molar-refractivity contribution >= 4 is 26.6 Å². The zero-order chi connectivity index (χ0) is 14.2. The van der Waals surface area contributed by atoms with Crippen LogP contribution in [0.1, 0.15) is 13.8 Å². The number of rotatable bonds is 3. The van der Waals surface area contributed by atoms with E-state index in [9.17, 15) is 18.5 Å². The Balaban J connectivity index is 2.97. The Hall–Kier alpha value is -2.09. The van der Waals surface area contributed by atoms with E-state index in [4.69, 9.17) is 0 Å². The standard InChI is InChI=1S/C11H11N3O4S/c1-7(2)19(17,18)11-9(14(15)16)4-3-8-10(11)13-6-5-12-8/h3-7H,1-2H3.